The second kappa shape index (κ2) is 5.32. The third-order valence-corrected chi connectivity index (χ3v) is 5.36. The molecule has 19 heavy (non-hydrogen) atoms. The van der Waals surface area contributed by atoms with Crippen LogP contribution >= 0.6 is 0 Å². The van der Waals surface area contributed by atoms with E-state index in [1.165, 1.54) is 6.42 Å². The van der Waals surface area contributed by atoms with Crippen molar-refractivity contribution < 1.29 is 4.74 Å². The predicted octanol–water partition coefficient (Wildman–Crippen LogP) is 1.01. The highest BCUT2D eigenvalue weighted by Crippen LogP contribution is 2.57. The zero-order valence-electron chi connectivity index (χ0n) is 13.3. The first-order valence-corrected chi connectivity index (χ1v) is 7.53. The van der Waals surface area contributed by atoms with E-state index in [-0.39, 0.29) is 11.0 Å². The van der Waals surface area contributed by atoms with Crippen LogP contribution in [0.15, 0.2) is 0 Å². The van der Waals surface area contributed by atoms with Gasteiger partial charge in [-0.15, -0.1) is 0 Å². The second-order valence-corrected chi connectivity index (χ2v) is 7.34. The van der Waals surface area contributed by atoms with E-state index in [9.17, 15) is 0 Å². The lowest BCUT2D eigenvalue weighted by atomic mass is 9.46. The number of likely N-dealkylation sites (N-methyl/N-ethyl adjacent to an activating group) is 2. The van der Waals surface area contributed by atoms with E-state index in [1.807, 2.05) is 0 Å². The van der Waals surface area contributed by atoms with Gasteiger partial charge in [0, 0.05) is 43.1 Å². The number of hydrogen-bond donors (Lipinski definition) is 1. The SMILES string of the molecule is CN(C)CCN(C)CC1(N)C2CCCOC2C1(C)C. The maximum absolute atomic E-state index is 6.81. The Labute approximate surface area is 118 Å². The number of nitrogens with zero attached hydrogens (tertiary/aromatic N) is 2. The van der Waals surface area contributed by atoms with E-state index in [1.54, 1.807) is 0 Å². The van der Waals surface area contributed by atoms with Crippen LogP contribution in [-0.4, -0.2) is 68.8 Å². The molecular formula is C15H31N3O. The van der Waals surface area contributed by atoms with Gasteiger partial charge in [0.2, 0.25) is 0 Å². The number of nitrogens with two attached hydrogens (primary N) is 1. The summed E-state index contributed by atoms with van der Waals surface area (Å²) < 4.78 is 5.96. The summed E-state index contributed by atoms with van der Waals surface area (Å²) in [5, 5.41) is 0. The Bertz CT molecular complexity index is 319. The summed E-state index contributed by atoms with van der Waals surface area (Å²) >= 11 is 0. The molecule has 2 aliphatic rings. The van der Waals surface area contributed by atoms with Crippen molar-refractivity contribution in [3.05, 3.63) is 0 Å². The van der Waals surface area contributed by atoms with Crippen LogP contribution in [0.2, 0.25) is 0 Å². The molecule has 112 valence electrons. The van der Waals surface area contributed by atoms with E-state index < -0.39 is 0 Å². The minimum absolute atomic E-state index is 0.0878. The molecule has 3 atom stereocenters. The predicted molar refractivity (Wildman–Crippen MR) is 79.2 cm³/mol. The molecule has 2 fully saturated rings. The van der Waals surface area contributed by atoms with E-state index in [4.69, 9.17) is 10.5 Å². The summed E-state index contributed by atoms with van der Waals surface area (Å²) in [5.74, 6) is 0.540. The average Bonchev–Trinajstić information content (AvgIpc) is 2.36. The highest BCUT2D eigenvalue weighted by atomic mass is 16.5. The molecule has 1 saturated heterocycles. The van der Waals surface area contributed by atoms with Crippen LogP contribution in [0, 0.1) is 11.3 Å². The van der Waals surface area contributed by atoms with Gasteiger partial charge in [-0.2, -0.15) is 0 Å². The normalized spacial score (nSPS) is 37.3. The van der Waals surface area contributed by atoms with Gasteiger partial charge >= 0.3 is 0 Å². The molecule has 0 bridgehead atoms. The fourth-order valence-electron chi connectivity index (χ4n) is 3.88. The van der Waals surface area contributed by atoms with Crippen molar-refractivity contribution in [3.63, 3.8) is 0 Å². The highest BCUT2D eigenvalue weighted by molar-refractivity contribution is 5.20. The fraction of sp³-hybridized carbons (Fsp3) is 1.00. The molecule has 0 aromatic rings. The van der Waals surface area contributed by atoms with Crippen LogP contribution in [0.25, 0.3) is 0 Å². The monoisotopic (exact) mass is 269 g/mol. The highest BCUT2D eigenvalue weighted by Gasteiger charge is 2.66. The van der Waals surface area contributed by atoms with Crippen molar-refractivity contribution in [3.8, 4) is 0 Å². The molecule has 4 nitrogen and oxygen atoms in total. The van der Waals surface area contributed by atoms with Crippen molar-refractivity contribution in [2.45, 2.75) is 38.3 Å². The van der Waals surface area contributed by atoms with Gasteiger partial charge in [-0.3, -0.25) is 0 Å². The van der Waals surface area contributed by atoms with Crippen LogP contribution in [0.1, 0.15) is 26.7 Å². The Morgan fingerprint density at radius 1 is 1.21 bits per heavy atom. The third-order valence-electron chi connectivity index (χ3n) is 5.36. The summed E-state index contributed by atoms with van der Waals surface area (Å²) in [6.07, 6.45) is 2.76. The molecule has 2 N–H and O–H groups in total. The summed E-state index contributed by atoms with van der Waals surface area (Å²) in [4.78, 5) is 4.60. The number of ether oxygens (including phenoxy) is 1. The molecule has 0 amide bonds. The maximum atomic E-state index is 6.81. The molecular weight excluding hydrogens is 238 g/mol. The average molecular weight is 269 g/mol. The van der Waals surface area contributed by atoms with Gasteiger partial charge in [-0.05, 0) is 34.0 Å². The third kappa shape index (κ3) is 2.56. The fourth-order valence-corrected chi connectivity index (χ4v) is 3.88. The quantitative estimate of drug-likeness (QED) is 0.809. The maximum Gasteiger partial charge on any atom is 0.0690 e. The Hall–Kier alpha value is -0.160. The first-order chi connectivity index (χ1) is 8.79. The zero-order valence-corrected chi connectivity index (χ0v) is 13.3. The van der Waals surface area contributed by atoms with Crippen molar-refractivity contribution in [1.82, 2.24) is 9.80 Å². The number of hydrogen-bond acceptors (Lipinski definition) is 4. The standard InChI is InChI=1S/C15H31N3O/c1-14(2)13-12(7-6-10-19-13)15(14,16)11-18(5)9-8-17(3)4/h12-13H,6-11,16H2,1-5H3. The van der Waals surface area contributed by atoms with Gasteiger partial charge in [-0.1, -0.05) is 13.8 Å². The van der Waals surface area contributed by atoms with Crippen LogP contribution < -0.4 is 5.73 Å². The number of rotatable bonds is 5. The molecule has 1 heterocycles. The van der Waals surface area contributed by atoms with E-state index >= 15 is 0 Å². The topological polar surface area (TPSA) is 41.7 Å². The van der Waals surface area contributed by atoms with Gasteiger partial charge in [0.25, 0.3) is 0 Å². The Balaban J connectivity index is 1.97. The van der Waals surface area contributed by atoms with Crippen molar-refractivity contribution in [1.29, 1.82) is 0 Å². The summed E-state index contributed by atoms with van der Waals surface area (Å²) in [6.45, 7) is 8.59. The minimum Gasteiger partial charge on any atom is -0.377 e. The van der Waals surface area contributed by atoms with Gasteiger partial charge in [-0.25, -0.2) is 0 Å². The molecule has 0 aromatic carbocycles. The van der Waals surface area contributed by atoms with Crippen LogP contribution in [-0.2, 0) is 4.74 Å². The van der Waals surface area contributed by atoms with Crippen molar-refractivity contribution >= 4 is 0 Å². The van der Waals surface area contributed by atoms with Crippen molar-refractivity contribution in [2.75, 3.05) is 47.4 Å². The first-order valence-electron chi connectivity index (χ1n) is 7.53. The van der Waals surface area contributed by atoms with Gasteiger partial charge in [0.05, 0.1) is 6.10 Å². The van der Waals surface area contributed by atoms with Gasteiger partial charge in [0.15, 0.2) is 0 Å². The summed E-state index contributed by atoms with van der Waals surface area (Å²) in [5.41, 5.74) is 6.80. The van der Waals surface area contributed by atoms with E-state index in [2.05, 4.69) is 44.8 Å². The minimum atomic E-state index is -0.0981. The van der Waals surface area contributed by atoms with Crippen LogP contribution in [0.5, 0.6) is 0 Å². The summed E-state index contributed by atoms with van der Waals surface area (Å²) in [6, 6.07) is 0. The molecule has 3 unspecified atom stereocenters. The zero-order chi connectivity index (χ0) is 14.3. The molecule has 0 aromatic heterocycles. The molecule has 1 saturated carbocycles. The molecule has 0 spiro atoms. The second-order valence-electron chi connectivity index (χ2n) is 7.34. The largest absolute Gasteiger partial charge is 0.377 e. The van der Waals surface area contributed by atoms with Crippen LogP contribution in [0.4, 0.5) is 0 Å². The molecule has 2 rings (SSSR count). The molecule has 1 aliphatic carbocycles. The van der Waals surface area contributed by atoms with Crippen LogP contribution in [0.3, 0.4) is 0 Å². The Kier molecular flexibility index (Phi) is 4.26. The molecule has 0 radical (unpaired) electrons. The van der Waals surface area contributed by atoms with Gasteiger partial charge in [0.1, 0.15) is 0 Å². The molecule has 1 aliphatic heterocycles. The lowest BCUT2D eigenvalue weighted by Gasteiger charge is -2.67. The molecule has 4 heteroatoms. The Morgan fingerprint density at radius 3 is 2.53 bits per heavy atom. The van der Waals surface area contributed by atoms with Gasteiger partial charge < -0.3 is 20.3 Å². The Morgan fingerprint density at radius 2 is 1.89 bits per heavy atom. The van der Waals surface area contributed by atoms with E-state index in [0.717, 1.165) is 32.7 Å². The summed E-state index contributed by atoms with van der Waals surface area (Å²) in [7, 11) is 6.42. The van der Waals surface area contributed by atoms with Crippen molar-refractivity contribution in [2.24, 2.45) is 17.1 Å². The lowest BCUT2D eigenvalue weighted by Crippen LogP contribution is -2.80. The number of fused-ring (bicyclic) bond motifs is 1. The lowest BCUT2D eigenvalue weighted by molar-refractivity contribution is -0.231. The first kappa shape index (κ1) is 15.2. The smallest absolute Gasteiger partial charge is 0.0690 e. The van der Waals surface area contributed by atoms with E-state index in [0.29, 0.717) is 12.0 Å².